The lowest BCUT2D eigenvalue weighted by Crippen LogP contribution is -2.41. The molecule has 1 aromatic carbocycles. The van der Waals surface area contributed by atoms with Gasteiger partial charge in [-0.2, -0.15) is 0 Å². The minimum atomic E-state index is -1.59. The fraction of sp³-hybridized carbons (Fsp3) is 0.529. The van der Waals surface area contributed by atoms with Crippen molar-refractivity contribution in [3.05, 3.63) is 36.5 Å². The molecule has 0 bridgehead atoms. The van der Waals surface area contributed by atoms with Crippen LogP contribution < -0.4 is 0 Å². The van der Waals surface area contributed by atoms with Gasteiger partial charge in [-0.25, -0.2) is 0 Å². The summed E-state index contributed by atoms with van der Waals surface area (Å²) in [4.78, 5) is 0. The van der Waals surface area contributed by atoms with Crippen LogP contribution in [-0.4, -0.2) is 19.5 Å². The summed E-state index contributed by atoms with van der Waals surface area (Å²) in [7, 11) is -1.59. The number of hydrogen-bond donors (Lipinski definition) is 0. The van der Waals surface area contributed by atoms with Crippen molar-refractivity contribution in [3.63, 3.8) is 0 Å². The molecule has 2 nitrogen and oxygen atoms in total. The standard InChI is InChI=1S/C17H27NOSi/c1-17(2,3)20(4,5)19-14-8-12-18-13-11-15-9-6-7-10-16(15)18/h6-7,9-11,13H,8,12,14H2,1-5H3. The maximum Gasteiger partial charge on any atom is 0.191 e. The highest BCUT2D eigenvalue weighted by atomic mass is 28.4. The van der Waals surface area contributed by atoms with Crippen LogP contribution >= 0.6 is 0 Å². The first-order valence-electron chi connectivity index (χ1n) is 7.49. The molecule has 0 saturated carbocycles. The Morgan fingerprint density at radius 3 is 2.50 bits per heavy atom. The van der Waals surface area contributed by atoms with E-state index in [1.165, 1.54) is 10.9 Å². The van der Waals surface area contributed by atoms with Gasteiger partial charge < -0.3 is 8.99 Å². The van der Waals surface area contributed by atoms with Crippen LogP contribution in [0.4, 0.5) is 0 Å². The Balaban J connectivity index is 1.88. The van der Waals surface area contributed by atoms with E-state index in [-0.39, 0.29) is 0 Å². The number of aryl methyl sites for hydroxylation is 1. The molecule has 3 heteroatoms. The molecule has 0 fully saturated rings. The van der Waals surface area contributed by atoms with Crippen molar-refractivity contribution in [3.8, 4) is 0 Å². The summed E-state index contributed by atoms with van der Waals surface area (Å²) in [5.41, 5.74) is 1.32. The molecule has 0 radical (unpaired) electrons. The minimum absolute atomic E-state index is 0.299. The molecule has 110 valence electrons. The number of hydrogen-bond acceptors (Lipinski definition) is 1. The first-order valence-corrected chi connectivity index (χ1v) is 10.4. The van der Waals surface area contributed by atoms with E-state index in [0.29, 0.717) is 5.04 Å². The lowest BCUT2D eigenvalue weighted by Gasteiger charge is -2.36. The van der Waals surface area contributed by atoms with Crippen molar-refractivity contribution in [2.24, 2.45) is 0 Å². The van der Waals surface area contributed by atoms with Gasteiger partial charge in [0.2, 0.25) is 0 Å². The Morgan fingerprint density at radius 1 is 1.10 bits per heavy atom. The smallest absolute Gasteiger partial charge is 0.191 e. The molecule has 0 spiro atoms. The molecule has 0 unspecified atom stereocenters. The molecule has 1 aromatic heterocycles. The SMILES string of the molecule is CC(C)(C)[Si](C)(C)OCCCn1ccc2ccccc21. The molecule has 0 aliphatic heterocycles. The van der Waals surface area contributed by atoms with Crippen molar-refractivity contribution >= 4 is 19.2 Å². The average Bonchev–Trinajstić information content (AvgIpc) is 2.77. The Morgan fingerprint density at radius 2 is 1.80 bits per heavy atom. The van der Waals surface area contributed by atoms with Crippen molar-refractivity contribution in [1.29, 1.82) is 0 Å². The van der Waals surface area contributed by atoms with Gasteiger partial charge in [0.15, 0.2) is 8.32 Å². The van der Waals surface area contributed by atoms with Gasteiger partial charge in [-0.05, 0) is 42.1 Å². The summed E-state index contributed by atoms with van der Waals surface area (Å²) in [6.07, 6.45) is 3.25. The normalized spacial score (nSPS) is 13.1. The van der Waals surface area contributed by atoms with Crippen molar-refractivity contribution in [2.75, 3.05) is 6.61 Å². The molecule has 0 atom stereocenters. The van der Waals surface area contributed by atoms with Crippen LogP contribution in [-0.2, 0) is 11.0 Å². The molecule has 1 heterocycles. The molecular formula is C17H27NOSi. The maximum atomic E-state index is 6.23. The van der Waals surface area contributed by atoms with Crippen LogP contribution in [0.5, 0.6) is 0 Å². The predicted molar refractivity (Wildman–Crippen MR) is 89.7 cm³/mol. The summed E-state index contributed by atoms with van der Waals surface area (Å²) >= 11 is 0. The predicted octanol–water partition coefficient (Wildman–Crippen LogP) is 5.05. The number of aromatic nitrogens is 1. The van der Waals surface area contributed by atoms with Gasteiger partial charge in [-0.3, -0.25) is 0 Å². The third-order valence-electron chi connectivity index (χ3n) is 4.49. The summed E-state index contributed by atoms with van der Waals surface area (Å²) in [6.45, 7) is 13.4. The Bertz CT molecular complexity index is 566. The quantitative estimate of drug-likeness (QED) is 0.555. The van der Waals surface area contributed by atoms with Crippen molar-refractivity contribution in [1.82, 2.24) is 4.57 Å². The van der Waals surface area contributed by atoms with Crippen LogP contribution in [0.15, 0.2) is 36.5 Å². The monoisotopic (exact) mass is 289 g/mol. The molecule has 0 N–H and O–H groups in total. The van der Waals surface area contributed by atoms with E-state index >= 15 is 0 Å². The van der Waals surface area contributed by atoms with E-state index in [0.717, 1.165) is 19.6 Å². The van der Waals surface area contributed by atoms with E-state index in [1.54, 1.807) is 0 Å². The number of fused-ring (bicyclic) bond motifs is 1. The Hall–Kier alpha value is -1.06. The number of rotatable bonds is 5. The minimum Gasteiger partial charge on any atom is -0.417 e. The maximum absolute atomic E-state index is 6.23. The first kappa shape index (κ1) is 15.3. The highest BCUT2D eigenvalue weighted by Gasteiger charge is 2.36. The third kappa shape index (κ3) is 3.33. The topological polar surface area (TPSA) is 14.2 Å². The zero-order valence-electron chi connectivity index (χ0n) is 13.4. The summed E-state index contributed by atoms with van der Waals surface area (Å²) in [6, 6.07) is 10.7. The summed E-state index contributed by atoms with van der Waals surface area (Å²) in [5.74, 6) is 0. The number of benzene rings is 1. The highest BCUT2D eigenvalue weighted by molar-refractivity contribution is 6.74. The van der Waals surface area contributed by atoms with E-state index < -0.39 is 8.32 Å². The van der Waals surface area contributed by atoms with Crippen molar-refractivity contribution < 1.29 is 4.43 Å². The zero-order valence-corrected chi connectivity index (χ0v) is 14.4. The average molecular weight is 289 g/mol. The number of para-hydroxylation sites is 1. The molecule has 0 aliphatic carbocycles. The second-order valence-electron chi connectivity index (χ2n) is 7.03. The van der Waals surface area contributed by atoms with Gasteiger partial charge in [-0.15, -0.1) is 0 Å². The summed E-state index contributed by atoms with van der Waals surface area (Å²) < 4.78 is 8.55. The lowest BCUT2D eigenvalue weighted by atomic mass is 10.2. The second kappa shape index (κ2) is 5.74. The van der Waals surface area contributed by atoms with E-state index in [4.69, 9.17) is 4.43 Å². The van der Waals surface area contributed by atoms with Gasteiger partial charge in [0.25, 0.3) is 0 Å². The molecule has 0 saturated heterocycles. The van der Waals surface area contributed by atoms with Gasteiger partial charge in [0.1, 0.15) is 0 Å². The largest absolute Gasteiger partial charge is 0.417 e. The molecule has 2 rings (SSSR count). The fourth-order valence-electron chi connectivity index (χ4n) is 2.11. The van der Waals surface area contributed by atoms with Gasteiger partial charge >= 0.3 is 0 Å². The van der Waals surface area contributed by atoms with E-state index in [9.17, 15) is 0 Å². The number of nitrogens with zero attached hydrogens (tertiary/aromatic N) is 1. The molecule has 0 aliphatic rings. The van der Waals surface area contributed by atoms with E-state index in [2.05, 4.69) is 75.0 Å². The zero-order chi connectivity index (χ0) is 14.8. The first-order chi connectivity index (χ1) is 9.31. The van der Waals surface area contributed by atoms with Crippen LogP contribution in [0.3, 0.4) is 0 Å². The van der Waals surface area contributed by atoms with Crippen LogP contribution in [0, 0.1) is 0 Å². The Kier molecular flexibility index (Phi) is 4.40. The third-order valence-corrected chi connectivity index (χ3v) is 9.03. The van der Waals surface area contributed by atoms with Gasteiger partial charge in [0.05, 0.1) is 0 Å². The van der Waals surface area contributed by atoms with Crippen LogP contribution in [0.1, 0.15) is 27.2 Å². The summed E-state index contributed by atoms with van der Waals surface area (Å²) in [5, 5.41) is 1.62. The second-order valence-corrected chi connectivity index (χ2v) is 11.8. The van der Waals surface area contributed by atoms with Gasteiger partial charge in [-0.1, -0.05) is 39.0 Å². The van der Waals surface area contributed by atoms with E-state index in [1.807, 2.05) is 0 Å². The lowest BCUT2D eigenvalue weighted by molar-refractivity contribution is 0.276. The molecular weight excluding hydrogens is 262 g/mol. The van der Waals surface area contributed by atoms with Gasteiger partial charge in [0, 0.05) is 24.9 Å². The molecule has 2 aromatic rings. The molecule has 20 heavy (non-hydrogen) atoms. The van der Waals surface area contributed by atoms with Crippen molar-refractivity contribution in [2.45, 2.75) is 51.9 Å². The van der Waals surface area contributed by atoms with Crippen LogP contribution in [0.2, 0.25) is 18.1 Å². The van der Waals surface area contributed by atoms with Crippen LogP contribution in [0.25, 0.3) is 10.9 Å². The highest BCUT2D eigenvalue weighted by Crippen LogP contribution is 2.36. The Labute approximate surface area is 123 Å². The fourth-order valence-corrected chi connectivity index (χ4v) is 3.20. The molecule has 0 amide bonds.